The molecule has 25 heavy (non-hydrogen) atoms. The number of aromatic nitrogens is 2. The second kappa shape index (κ2) is 8.98. The molecule has 134 valence electrons. The van der Waals surface area contributed by atoms with Gasteiger partial charge >= 0.3 is 0 Å². The summed E-state index contributed by atoms with van der Waals surface area (Å²) in [5.74, 6) is 3.24. The van der Waals surface area contributed by atoms with Crippen molar-refractivity contribution in [1.82, 2.24) is 9.97 Å². The highest BCUT2D eigenvalue weighted by Gasteiger charge is 2.22. The van der Waals surface area contributed by atoms with Crippen LogP contribution in [0.3, 0.4) is 0 Å². The zero-order valence-corrected chi connectivity index (χ0v) is 15.6. The third kappa shape index (κ3) is 4.81. The van der Waals surface area contributed by atoms with Crippen LogP contribution in [-0.4, -0.2) is 17.1 Å². The van der Waals surface area contributed by atoms with E-state index in [1.165, 1.54) is 56.9 Å². The maximum Gasteiger partial charge on any atom is 0.159 e. The molecule has 3 nitrogen and oxygen atoms in total. The van der Waals surface area contributed by atoms with Gasteiger partial charge in [-0.15, -0.1) is 0 Å². The van der Waals surface area contributed by atoms with Gasteiger partial charge in [0.1, 0.15) is 5.75 Å². The van der Waals surface area contributed by atoms with Crippen LogP contribution in [0.15, 0.2) is 36.7 Å². The maximum atomic E-state index is 5.20. The Bertz CT molecular complexity index is 628. The molecule has 0 N–H and O–H groups in total. The Morgan fingerprint density at radius 2 is 1.64 bits per heavy atom. The summed E-state index contributed by atoms with van der Waals surface area (Å²) in [7, 11) is 1.68. The molecule has 1 heterocycles. The van der Waals surface area contributed by atoms with Crippen molar-refractivity contribution in [3.63, 3.8) is 0 Å². The summed E-state index contributed by atoms with van der Waals surface area (Å²) in [6.07, 6.45) is 14.9. The molecular weight excluding hydrogens is 308 g/mol. The van der Waals surface area contributed by atoms with Gasteiger partial charge in [-0.1, -0.05) is 32.6 Å². The van der Waals surface area contributed by atoms with Crippen LogP contribution in [-0.2, 0) is 0 Å². The molecule has 0 unspecified atom stereocenters. The lowest BCUT2D eigenvalue weighted by Gasteiger charge is -2.28. The smallest absolute Gasteiger partial charge is 0.159 e. The van der Waals surface area contributed by atoms with Crippen LogP contribution < -0.4 is 4.74 Å². The van der Waals surface area contributed by atoms with Gasteiger partial charge in [0.15, 0.2) is 5.82 Å². The predicted molar refractivity (Wildman–Crippen MR) is 103 cm³/mol. The summed E-state index contributed by atoms with van der Waals surface area (Å²) < 4.78 is 5.20. The van der Waals surface area contributed by atoms with Gasteiger partial charge in [-0.2, -0.15) is 0 Å². The predicted octanol–water partition coefficient (Wildman–Crippen LogP) is 6.01. The Morgan fingerprint density at radius 1 is 0.960 bits per heavy atom. The summed E-state index contributed by atoms with van der Waals surface area (Å²) in [6, 6.07) is 7.92. The lowest BCUT2D eigenvalue weighted by Crippen LogP contribution is -2.14. The minimum atomic E-state index is 0.646. The van der Waals surface area contributed by atoms with Crippen molar-refractivity contribution in [2.45, 2.75) is 64.2 Å². The van der Waals surface area contributed by atoms with Crippen LogP contribution in [0.5, 0.6) is 5.75 Å². The zero-order chi connectivity index (χ0) is 17.5. The van der Waals surface area contributed by atoms with Crippen LogP contribution in [0.4, 0.5) is 0 Å². The maximum absolute atomic E-state index is 5.20. The molecule has 1 saturated carbocycles. The lowest BCUT2D eigenvalue weighted by molar-refractivity contribution is 0.302. The Labute approximate surface area is 151 Å². The minimum Gasteiger partial charge on any atom is -0.497 e. The van der Waals surface area contributed by atoms with Crippen molar-refractivity contribution in [3.8, 4) is 17.1 Å². The molecule has 1 fully saturated rings. The minimum absolute atomic E-state index is 0.646. The van der Waals surface area contributed by atoms with Crippen LogP contribution in [0.2, 0.25) is 0 Å². The molecule has 0 bridgehead atoms. The van der Waals surface area contributed by atoms with E-state index in [1.807, 2.05) is 36.7 Å². The summed E-state index contributed by atoms with van der Waals surface area (Å²) in [5, 5.41) is 0. The first-order chi connectivity index (χ1) is 12.3. The highest BCUT2D eigenvalue weighted by Crippen LogP contribution is 2.37. The molecule has 1 aromatic heterocycles. The zero-order valence-electron chi connectivity index (χ0n) is 15.6. The molecule has 3 heteroatoms. The molecule has 0 saturated heterocycles. The molecule has 0 amide bonds. The van der Waals surface area contributed by atoms with E-state index in [2.05, 4.69) is 16.9 Å². The number of nitrogens with zero attached hydrogens (tertiary/aromatic N) is 2. The third-order valence-corrected chi connectivity index (χ3v) is 5.55. The largest absolute Gasteiger partial charge is 0.497 e. The van der Waals surface area contributed by atoms with E-state index in [0.717, 1.165) is 23.1 Å². The van der Waals surface area contributed by atoms with E-state index < -0.39 is 0 Å². The Kier molecular flexibility index (Phi) is 6.43. The first-order valence-corrected chi connectivity index (χ1v) is 9.76. The molecular formula is C22H30N2O. The molecule has 3 rings (SSSR count). The summed E-state index contributed by atoms with van der Waals surface area (Å²) in [5.41, 5.74) is 2.34. The third-order valence-electron chi connectivity index (χ3n) is 5.55. The van der Waals surface area contributed by atoms with Gasteiger partial charge in [0.2, 0.25) is 0 Å². The Balaban J connectivity index is 1.56. The fourth-order valence-corrected chi connectivity index (χ4v) is 3.91. The van der Waals surface area contributed by atoms with Crippen LogP contribution >= 0.6 is 0 Å². The van der Waals surface area contributed by atoms with Gasteiger partial charge in [0.05, 0.1) is 7.11 Å². The van der Waals surface area contributed by atoms with Gasteiger partial charge in [0.25, 0.3) is 0 Å². The number of rotatable bonds is 7. The summed E-state index contributed by atoms with van der Waals surface area (Å²) in [6.45, 7) is 2.28. The van der Waals surface area contributed by atoms with Gasteiger partial charge in [0, 0.05) is 18.0 Å². The second-order valence-corrected chi connectivity index (χ2v) is 7.28. The first kappa shape index (κ1) is 17.9. The summed E-state index contributed by atoms with van der Waals surface area (Å²) in [4.78, 5) is 9.21. The molecule has 2 aromatic rings. The topological polar surface area (TPSA) is 35.0 Å². The average Bonchev–Trinajstić information content (AvgIpc) is 2.69. The quantitative estimate of drug-likeness (QED) is 0.580. The molecule has 1 aliphatic carbocycles. The normalized spacial score (nSPS) is 20.4. The number of ether oxygens (including phenoxy) is 1. The van der Waals surface area contributed by atoms with Crippen molar-refractivity contribution in [2.75, 3.05) is 7.11 Å². The second-order valence-electron chi connectivity index (χ2n) is 7.28. The lowest BCUT2D eigenvalue weighted by atomic mass is 9.77. The van der Waals surface area contributed by atoms with Crippen LogP contribution in [0.1, 0.15) is 69.8 Å². The molecule has 0 radical (unpaired) electrons. The molecule has 0 atom stereocenters. The van der Waals surface area contributed by atoms with E-state index in [0.29, 0.717) is 5.92 Å². The van der Waals surface area contributed by atoms with Gasteiger partial charge in [-0.25, -0.2) is 9.97 Å². The van der Waals surface area contributed by atoms with Crippen LogP contribution in [0, 0.1) is 5.92 Å². The average molecular weight is 338 g/mol. The van der Waals surface area contributed by atoms with Crippen molar-refractivity contribution < 1.29 is 4.74 Å². The molecule has 0 spiro atoms. The highest BCUT2D eigenvalue weighted by molar-refractivity contribution is 5.55. The fraction of sp³-hybridized carbons (Fsp3) is 0.545. The molecule has 0 aliphatic heterocycles. The number of unbranched alkanes of at least 4 members (excludes halogenated alkanes) is 2. The van der Waals surface area contributed by atoms with Gasteiger partial charge in [-0.05, 0) is 67.3 Å². The highest BCUT2D eigenvalue weighted by atomic mass is 16.5. The molecule has 1 aliphatic rings. The monoisotopic (exact) mass is 338 g/mol. The van der Waals surface area contributed by atoms with E-state index in [9.17, 15) is 0 Å². The van der Waals surface area contributed by atoms with Gasteiger partial charge in [-0.3, -0.25) is 0 Å². The standard InChI is InChI=1S/C22H30N2O/c1-3-4-5-6-17-7-9-18(10-8-17)20-15-23-22(24-16-20)19-11-13-21(25-2)14-12-19/h11-18H,3-10H2,1-2H3/t17-,18-. The van der Waals surface area contributed by atoms with E-state index in [1.54, 1.807) is 7.11 Å². The van der Waals surface area contributed by atoms with Gasteiger partial charge < -0.3 is 4.74 Å². The molecule has 1 aromatic carbocycles. The fourth-order valence-electron chi connectivity index (χ4n) is 3.91. The number of methoxy groups -OCH3 is 1. The van der Waals surface area contributed by atoms with Crippen molar-refractivity contribution in [3.05, 3.63) is 42.2 Å². The Hall–Kier alpha value is -1.90. The van der Waals surface area contributed by atoms with Crippen LogP contribution in [0.25, 0.3) is 11.4 Å². The number of hydrogen-bond donors (Lipinski definition) is 0. The number of benzene rings is 1. The Morgan fingerprint density at radius 3 is 2.24 bits per heavy atom. The van der Waals surface area contributed by atoms with Crippen molar-refractivity contribution in [1.29, 1.82) is 0 Å². The van der Waals surface area contributed by atoms with E-state index in [4.69, 9.17) is 4.74 Å². The number of hydrogen-bond acceptors (Lipinski definition) is 3. The van der Waals surface area contributed by atoms with Crippen molar-refractivity contribution >= 4 is 0 Å². The summed E-state index contributed by atoms with van der Waals surface area (Å²) >= 11 is 0. The first-order valence-electron chi connectivity index (χ1n) is 9.76. The van der Waals surface area contributed by atoms with E-state index in [-0.39, 0.29) is 0 Å². The van der Waals surface area contributed by atoms with Crippen molar-refractivity contribution in [2.24, 2.45) is 5.92 Å². The van der Waals surface area contributed by atoms with E-state index >= 15 is 0 Å². The SMILES string of the molecule is CCCCC[C@H]1CC[C@H](c2cnc(-c3ccc(OC)cc3)nc2)CC1.